The van der Waals surface area contributed by atoms with Crippen LogP contribution < -0.4 is 0 Å². The van der Waals surface area contributed by atoms with Crippen molar-refractivity contribution >= 4 is 65.4 Å². The summed E-state index contributed by atoms with van der Waals surface area (Å²) < 4.78 is 7.29. The summed E-state index contributed by atoms with van der Waals surface area (Å²) in [5, 5.41) is 7.55. The highest BCUT2D eigenvalue weighted by molar-refractivity contribution is 6.13. The van der Waals surface area contributed by atoms with Gasteiger partial charge in [0.1, 0.15) is 0 Å². The normalized spacial score (nSPS) is 12.0. The van der Waals surface area contributed by atoms with E-state index >= 15 is 0 Å². The van der Waals surface area contributed by atoms with E-state index in [1.807, 2.05) is 0 Å². The van der Waals surface area contributed by atoms with Gasteiger partial charge in [0.2, 0.25) is 0 Å². The molecule has 0 radical (unpaired) electrons. The molecule has 0 aliphatic rings. The van der Waals surface area contributed by atoms with Crippen molar-refractivity contribution < 1.29 is 0 Å². The molecular weight excluding hydrogens is 546 g/mol. The lowest BCUT2D eigenvalue weighted by Crippen LogP contribution is -2.03. The minimum absolute atomic E-state index is 1.15. The minimum atomic E-state index is 1.15. The Kier molecular flexibility index (Phi) is 5.00. The molecule has 0 fully saturated rings. The van der Waals surface area contributed by atoms with Gasteiger partial charge < -0.3 is 13.7 Å². The zero-order valence-electron chi connectivity index (χ0n) is 24.4. The van der Waals surface area contributed by atoms with Crippen LogP contribution in [-0.4, -0.2) is 13.7 Å². The lowest BCUT2D eigenvalue weighted by atomic mass is 10.1. The highest BCUT2D eigenvalue weighted by atomic mass is 15.1. The summed E-state index contributed by atoms with van der Waals surface area (Å²) in [4.78, 5) is 0. The van der Waals surface area contributed by atoms with E-state index in [0.29, 0.717) is 0 Å². The zero-order chi connectivity index (χ0) is 29.5. The van der Waals surface area contributed by atoms with E-state index in [4.69, 9.17) is 0 Å². The number of aromatic nitrogens is 3. The van der Waals surface area contributed by atoms with Crippen LogP contribution in [0.1, 0.15) is 0 Å². The van der Waals surface area contributed by atoms with Gasteiger partial charge in [-0.1, -0.05) is 109 Å². The van der Waals surface area contributed by atoms with E-state index < -0.39 is 0 Å². The number of hydrogen-bond donors (Lipinski definition) is 0. The Bertz CT molecular complexity index is 2660. The second-order valence-corrected chi connectivity index (χ2v) is 11.8. The van der Waals surface area contributed by atoms with E-state index in [1.54, 1.807) is 0 Å². The van der Waals surface area contributed by atoms with Crippen LogP contribution in [0.15, 0.2) is 164 Å². The molecule has 0 saturated heterocycles. The van der Waals surface area contributed by atoms with Gasteiger partial charge in [-0.05, 0) is 54.6 Å². The molecule has 0 N–H and O–H groups in total. The van der Waals surface area contributed by atoms with Gasteiger partial charge in [-0.15, -0.1) is 0 Å². The first-order chi connectivity index (χ1) is 22.4. The summed E-state index contributed by atoms with van der Waals surface area (Å²) >= 11 is 0. The summed E-state index contributed by atoms with van der Waals surface area (Å²) in [5.74, 6) is 0. The predicted octanol–water partition coefficient (Wildman–Crippen LogP) is 11.0. The standard InChI is InChI=1S/C42H27N3/c1-6-18-35-29(13-1)30-14-2-7-19-36(30)43(35)28-25-26-34-33-17-5-10-22-39(33)45(42(34)27-28)41-24-12-11-23-40(41)44-37-20-8-3-15-31(37)32-16-4-9-21-38(32)44/h1-27H. The van der Waals surface area contributed by atoms with E-state index in [0.717, 1.165) is 17.1 Å². The molecule has 10 aromatic rings. The Labute approximate surface area is 259 Å². The molecule has 0 spiro atoms. The van der Waals surface area contributed by atoms with Crippen LogP contribution in [0.5, 0.6) is 0 Å². The average Bonchev–Trinajstić information content (AvgIpc) is 3.74. The van der Waals surface area contributed by atoms with E-state index in [1.165, 1.54) is 65.4 Å². The smallest absolute Gasteiger partial charge is 0.0702 e. The third-order valence-corrected chi connectivity index (χ3v) is 9.44. The number of rotatable bonds is 3. The summed E-state index contributed by atoms with van der Waals surface area (Å²) in [6.07, 6.45) is 0. The highest BCUT2D eigenvalue weighted by Crippen LogP contribution is 2.39. The molecule has 7 aromatic carbocycles. The van der Waals surface area contributed by atoms with Crippen molar-refractivity contribution in [3.05, 3.63) is 164 Å². The molecule has 0 saturated carbocycles. The molecule has 3 heteroatoms. The number of hydrogen-bond acceptors (Lipinski definition) is 0. The van der Waals surface area contributed by atoms with E-state index in [9.17, 15) is 0 Å². The van der Waals surface area contributed by atoms with Gasteiger partial charge in [0.25, 0.3) is 0 Å². The maximum Gasteiger partial charge on any atom is 0.0702 e. The molecule has 0 aliphatic heterocycles. The molecular formula is C42H27N3. The largest absolute Gasteiger partial charge is 0.309 e. The summed E-state index contributed by atoms with van der Waals surface area (Å²) in [5.41, 5.74) is 10.7. The van der Waals surface area contributed by atoms with Gasteiger partial charge >= 0.3 is 0 Å². The SMILES string of the molecule is c1ccc(-n2c3ccccc3c3ccc(-n4c5ccccc5c5ccccc54)cc32)c(-n2c3ccccc3c3ccccc32)c1. The Morgan fingerprint density at radius 3 is 0.978 bits per heavy atom. The second kappa shape index (κ2) is 9.22. The summed E-state index contributed by atoms with van der Waals surface area (Å²) in [7, 11) is 0. The number of para-hydroxylation sites is 7. The quantitative estimate of drug-likeness (QED) is 0.200. The molecule has 3 aromatic heterocycles. The number of fused-ring (bicyclic) bond motifs is 9. The third-order valence-electron chi connectivity index (χ3n) is 9.44. The van der Waals surface area contributed by atoms with Crippen molar-refractivity contribution in [2.45, 2.75) is 0 Å². The van der Waals surface area contributed by atoms with Crippen LogP contribution in [0.3, 0.4) is 0 Å². The molecule has 3 heterocycles. The molecule has 45 heavy (non-hydrogen) atoms. The first-order valence-corrected chi connectivity index (χ1v) is 15.5. The predicted molar refractivity (Wildman–Crippen MR) is 189 cm³/mol. The highest BCUT2D eigenvalue weighted by Gasteiger charge is 2.20. The summed E-state index contributed by atoms with van der Waals surface area (Å²) in [6.45, 7) is 0. The maximum atomic E-state index is 2.46. The Hall–Kier alpha value is -6.06. The van der Waals surface area contributed by atoms with E-state index in [2.05, 4.69) is 177 Å². The van der Waals surface area contributed by atoms with Gasteiger partial charge in [-0.25, -0.2) is 0 Å². The molecule has 0 amide bonds. The lowest BCUT2D eigenvalue weighted by molar-refractivity contribution is 1.09. The number of benzene rings is 7. The van der Waals surface area contributed by atoms with Crippen molar-refractivity contribution in [3.8, 4) is 17.1 Å². The first-order valence-electron chi connectivity index (χ1n) is 15.5. The molecule has 0 unspecified atom stereocenters. The van der Waals surface area contributed by atoms with Gasteiger partial charge in [0, 0.05) is 38.0 Å². The zero-order valence-corrected chi connectivity index (χ0v) is 24.4. The Balaban J connectivity index is 1.32. The van der Waals surface area contributed by atoms with Crippen LogP contribution in [0.4, 0.5) is 0 Å². The van der Waals surface area contributed by atoms with Crippen LogP contribution >= 0.6 is 0 Å². The van der Waals surface area contributed by atoms with Crippen molar-refractivity contribution in [1.29, 1.82) is 0 Å². The average molecular weight is 574 g/mol. The molecule has 210 valence electrons. The monoisotopic (exact) mass is 573 g/mol. The Morgan fingerprint density at radius 1 is 0.244 bits per heavy atom. The van der Waals surface area contributed by atoms with E-state index in [-0.39, 0.29) is 0 Å². The van der Waals surface area contributed by atoms with Gasteiger partial charge in [0.15, 0.2) is 0 Å². The fourth-order valence-corrected chi connectivity index (χ4v) is 7.58. The fourth-order valence-electron chi connectivity index (χ4n) is 7.58. The fraction of sp³-hybridized carbons (Fsp3) is 0. The summed E-state index contributed by atoms with van der Waals surface area (Å²) in [6, 6.07) is 59.5. The van der Waals surface area contributed by atoms with Crippen LogP contribution in [0, 0.1) is 0 Å². The van der Waals surface area contributed by atoms with Gasteiger partial charge in [0.05, 0.1) is 44.5 Å². The third kappa shape index (κ3) is 3.35. The number of nitrogens with zero attached hydrogens (tertiary/aromatic N) is 3. The van der Waals surface area contributed by atoms with Crippen LogP contribution in [0.25, 0.3) is 82.5 Å². The Morgan fingerprint density at radius 2 is 0.556 bits per heavy atom. The van der Waals surface area contributed by atoms with Crippen molar-refractivity contribution in [3.63, 3.8) is 0 Å². The molecule has 0 aliphatic carbocycles. The molecule has 3 nitrogen and oxygen atoms in total. The molecule has 10 rings (SSSR count). The van der Waals surface area contributed by atoms with Crippen molar-refractivity contribution in [1.82, 2.24) is 13.7 Å². The maximum absolute atomic E-state index is 2.46. The minimum Gasteiger partial charge on any atom is -0.309 e. The van der Waals surface area contributed by atoms with Gasteiger partial charge in [-0.3, -0.25) is 0 Å². The lowest BCUT2D eigenvalue weighted by Gasteiger charge is -2.17. The molecule has 0 atom stereocenters. The first kappa shape index (κ1) is 24.4. The van der Waals surface area contributed by atoms with Crippen LogP contribution in [0.2, 0.25) is 0 Å². The van der Waals surface area contributed by atoms with Crippen molar-refractivity contribution in [2.75, 3.05) is 0 Å². The second-order valence-electron chi connectivity index (χ2n) is 11.8. The van der Waals surface area contributed by atoms with Crippen molar-refractivity contribution in [2.24, 2.45) is 0 Å². The topological polar surface area (TPSA) is 14.8 Å². The molecule has 0 bridgehead atoms. The van der Waals surface area contributed by atoms with Crippen LogP contribution in [-0.2, 0) is 0 Å². The van der Waals surface area contributed by atoms with Gasteiger partial charge in [-0.2, -0.15) is 0 Å².